The van der Waals surface area contributed by atoms with E-state index in [-0.39, 0.29) is 12.2 Å². The molecular formula is C13H19N7O2. The van der Waals surface area contributed by atoms with Crippen LogP contribution in [-0.2, 0) is 11.3 Å². The Morgan fingerprint density at radius 1 is 1.27 bits per heavy atom. The molecule has 2 aliphatic rings. The molecule has 2 fully saturated rings. The summed E-state index contributed by atoms with van der Waals surface area (Å²) in [4.78, 5) is 6.56. The van der Waals surface area contributed by atoms with Crippen LogP contribution in [-0.4, -0.2) is 54.4 Å². The number of morpholine rings is 1. The van der Waals surface area contributed by atoms with E-state index in [9.17, 15) is 0 Å². The second kappa shape index (κ2) is 5.40. The fourth-order valence-corrected chi connectivity index (χ4v) is 2.87. The minimum Gasteiger partial charge on any atom is -0.363 e. The van der Waals surface area contributed by atoms with Crippen LogP contribution in [0.4, 0.5) is 0 Å². The second-order valence-corrected chi connectivity index (χ2v) is 6.08. The fraction of sp³-hybridized carbons (Fsp3) is 0.769. The van der Waals surface area contributed by atoms with Crippen LogP contribution in [0.25, 0.3) is 0 Å². The third kappa shape index (κ3) is 2.73. The van der Waals surface area contributed by atoms with Crippen LogP contribution in [0.5, 0.6) is 0 Å². The predicted octanol–water partition coefficient (Wildman–Crippen LogP) is 0.661. The average Bonchev–Trinajstić information content (AvgIpc) is 3.07. The molecule has 0 unspecified atom stereocenters. The van der Waals surface area contributed by atoms with Crippen molar-refractivity contribution in [3.05, 3.63) is 17.5 Å². The monoisotopic (exact) mass is 305 g/mol. The first-order valence-corrected chi connectivity index (χ1v) is 7.64. The Balaban J connectivity index is 1.48. The lowest BCUT2D eigenvalue weighted by atomic mass is 10.2. The van der Waals surface area contributed by atoms with Gasteiger partial charge in [-0.15, -0.1) is 5.10 Å². The molecule has 3 heterocycles. The van der Waals surface area contributed by atoms with E-state index in [4.69, 9.17) is 9.26 Å². The molecule has 1 aliphatic heterocycles. The summed E-state index contributed by atoms with van der Waals surface area (Å²) >= 11 is 0. The first kappa shape index (κ1) is 13.8. The second-order valence-electron chi connectivity index (χ2n) is 6.08. The normalized spacial score (nSPS) is 26.5. The van der Waals surface area contributed by atoms with Gasteiger partial charge in [-0.2, -0.15) is 4.98 Å². The molecule has 2 aromatic rings. The lowest BCUT2D eigenvalue weighted by molar-refractivity contribution is -0.0938. The Morgan fingerprint density at radius 2 is 2.14 bits per heavy atom. The SMILES string of the molecule is Cc1noc([C@H]2CN(Cc3nnnn3C3CC3)C[C@@H](C)O2)n1. The number of aromatic nitrogens is 6. The standard InChI is InChI=1S/C13H19N7O2/c1-8-5-19(6-11(21-8)13-14-9(2)16-22-13)7-12-15-17-18-20(12)10-3-4-10/h8,10-11H,3-7H2,1-2H3/t8-,11-/m1/s1. The first-order chi connectivity index (χ1) is 10.7. The molecule has 0 aromatic carbocycles. The van der Waals surface area contributed by atoms with Gasteiger partial charge in [0.05, 0.1) is 18.7 Å². The fourth-order valence-electron chi connectivity index (χ4n) is 2.87. The molecule has 2 aromatic heterocycles. The number of hydrogen-bond acceptors (Lipinski definition) is 8. The Kier molecular flexibility index (Phi) is 3.38. The van der Waals surface area contributed by atoms with Crippen LogP contribution in [0.3, 0.4) is 0 Å². The van der Waals surface area contributed by atoms with Gasteiger partial charge < -0.3 is 9.26 Å². The summed E-state index contributed by atoms with van der Waals surface area (Å²) in [5.41, 5.74) is 0. The van der Waals surface area contributed by atoms with Crippen molar-refractivity contribution in [2.45, 2.75) is 51.5 Å². The van der Waals surface area contributed by atoms with Crippen LogP contribution in [0.15, 0.2) is 4.52 Å². The highest BCUT2D eigenvalue weighted by Crippen LogP contribution is 2.34. The van der Waals surface area contributed by atoms with Gasteiger partial charge in [-0.1, -0.05) is 5.16 Å². The van der Waals surface area contributed by atoms with Crippen molar-refractivity contribution in [3.63, 3.8) is 0 Å². The largest absolute Gasteiger partial charge is 0.363 e. The lowest BCUT2D eigenvalue weighted by Gasteiger charge is -2.34. The third-order valence-corrected chi connectivity index (χ3v) is 3.97. The van der Waals surface area contributed by atoms with Crippen LogP contribution >= 0.6 is 0 Å². The molecule has 4 rings (SSSR count). The molecule has 0 N–H and O–H groups in total. The van der Waals surface area contributed by atoms with Gasteiger partial charge in [0, 0.05) is 13.1 Å². The number of rotatable bonds is 4. The molecule has 0 spiro atoms. The summed E-state index contributed by atoms with van der Waals surface area (Å²) in [6, 6.07) is 0.484. The summed E-state index contributed by atoms with van der Waals surface area (Å²) in [5, 5.41) is 15.9. The Bertz CT molecular complexity index is 650. The van der Waals surface area contributed by atoms with Gasteiger partial charge >= 0.3 is 0 Å². The maximum absolute atomic E-state index is 5.93. The Labute approximate surface area is 127 Å². The highest BCUT2D eigenvalue weighted by molar-refractivity contribution is 4.95. The van der Waals surface area contributed by atoms with Crippen molar-refractivity contribution >= 4 is 0 Å². The summed E-state index contributed by atoms with van der Waals surface area (Å²) < 4.78 is 13.1. The van der Waals surface area contributed by atoms with E-state index in [0.29, 0.717) is 30.8 Å². The van der Waals surface area contributed by atoms with Crippen molar-refractivity contribution in [1.29, 1.82) is 0 Å². The summed E-state index contributed by atoms with van der Waals surface area (Å²) in [6.07, 6.45) is 2.23. The van der Waals surface area contributed by atoms with E-state index < -0.39 is 0 Å². The third-order valence-electron chi connectivity index (χ3n) is 3.97. The maximum atomic E-state index is 5.93. The molecule has 0 amide bonds. The van der Waals surface area contributed by atoms with Gasteiger partial charge in [0.1, 0.15) is 6.10 Å². The van der Waals surface area contributed by atoms with Gasteiger partial charge in [0.25, 0.3) is 5.89 Å². The van der Waals surface area contributed by atoms with E-state index in [1.54, 1.807) is 6.92 Å². The molecule has 0 bridgehead atoms. The highest BCUT2D eigenvalue weighted by atomic mass is 16.5. The molecule has 1 saturated heterocycles. The number of aryl methyl sites for hydroxylation is 1. The van der Waals surface area contributed by atoms with E-state index in [2.05, 4.69) is 30.6 Å². The van der Waals surface area contributed by atoms with Crippen molar-refractivity contribution in [2.24, 2.45) is 0 Å². The Morgan fingerprint density at radius 3 is 2.86 bits per heavy atom. The predicted molar refractivity (Wildman–Crippen MR) is 73.7 cm³/mol. The molecule has 2 atom stereocenters. The van der Waals surface area contributed by atoms with Crippen LogP contribution in [0, 0.1) is 6.92 Å². The zero-order valence-electron chi connectivity index (χ0n) is 12.7. The number of hydrogen-bond donors (Lipinski definition) is 0. The number of tetrazole rings is 1. The molecule has 118 valence electrons. The first-order valence-electron chi connectivity index (χ1n) is 7.64. The van der Waals surface area contributed by atoms with Crippen LogP contribution < -0.4 is 0 Å². The zero-order valence-corrected chi connectivity index (χ0v) is 12.7. The van der Waals surface area contributed by atoms with Gasteiger partial charge in [0.2, 0.25) is 0 Å². The molecule has 9 heteroatoms. The quantitative estimate of drug-likeness (QED) is 0.813. The van der Waals surface area contributed by atoms with Crippen LogP contribution in [0.1, 0.15) is 49.5 Å². The zero-order chi connectivity index (χ0) is 15.1. The average molecular weight is 305 g/mol. The summed E-state index contributed by atoms with van der Waals surface area (Å²) in [5.74, 6) is 2.08. The van der Waals surface area contributed by atoms with Gasteiger partial charge in [-0.3, -0.25) is 4.90 Å². The maximum Gasteiger partial charge on any atom is 0.257 e. The summed E-state index contributed by atoms with van der Waals surface area (Å²) in [7, 11) is 0. The van der Waals surface area contributed by atoms with Gasteiger partial charge in [-0.25, -0.2) is 4.68 Å². The van der Waals surface area contributed by atoms with E-state index >= 15 is 0 Å². The smallest absolute Gasteiger partial charge is 0.257 e. The molecule has 1 aliphatic carbocycles. The number of nitrogens with zero attached hydrogens (tertiary/aromatic N) is 7. The van der Waals surface area contributed by atoms with Gasteiger partial charge in [-0.05, 0) is 37.1 Å². The topological polar surface area (TPSA) is 95.0 Å². The van der Waals surface area contributed by atoms with E-state index in [1.807, 2.05) is 11.6 Å². The minimum absolute atomic E-state index is 0.0937. The van der Waals surface area contributed by atoms with E-state index in [0.717, 1.165) is 12.4 Å². The van der Waals surface area contributed by atoms with Crippen molar-refractivity contribution in [2.75, 3.05) is 13.1 Å². The Hall–Kier alpha value is -1.87. The van der Waals surface area contributed by atoms with Crippen molar-refractivity contribution in [3.8, 4) is 0 Å². The van der Waals surface area contributed by atoms with E-state index in [1.165, 1.54) is 12.8 Å². The highest BCUT2D eigenvalue weighted by Gasteiger charge is 2.33. The van der Waals surface area contributed by atoms with Crippen LogP contribution in [0.2, 0.25) is 0 Å². The molecule has 22 heavy (non-hydrogen) atoms. The minimum atomic E-state index is -0.199. The summed E-state index contributed by atoms with van der Waals surface area (Å²) in [6.45, 7) is 6.10. The van der Waals surface area contributed by atoms with Gasteiger partial charge in [0.15, 0.2) is 11.6 Å². The van der Waals surface area contributed by atoms with Crippen molar-refractivity contribution in [1.82, 2.24) is 35.2 Å². The molecule has 1 saturated carbocycles. The van der Waals surface area contributed by atoms with Crippen molar-refractivity contribution < 1.29 is 9.26 Å². The molecular weight excluding hydrogens is 286 g/mol. The lowest BCUT2D eigenvalue weighted by Crippen LogP contribution is -2.42. The number of ether oxygens (including phenoxy) is 1. The molecule has 0 radical (unpaired) electrons. The molecule has 9 nitrogen and oxygen atoms in total.